The van der Waals surface area contributed by atoms with E-state index in [4.69, 9.17) is 4.74 Å². The van der Waals surface area contributed by atoms with Crippen molar-refractivity contribution < 1.29 is 19.4 Å². The number of anilines is 1. The maximum absolute atomic E-state index is 12.8. The van der Waals surface area contributed by atoms with E-state index in [1.807, 2.05) is 37.9 Å². The number of hydrogen-bond donors (Lipinski definition) is 2. The zero-order valence-electron chi connectivity index (χ0n) is 20.1. The Morgan fingerprint density at radius 1 is 1.22 bits per heavy atom. The summed E-state index contributed by atoms with van der Waals surface area (Å²) in [5.74, 6) is 1.85. The number of carbonyl (C=O) groups is 2. The van der Waals surface area contributed by atoms with E-state index in [0.717, 1.165) is 42.0 Å². The molecule has 2 rings (SSSR count). The van der Waals surface area contributed by atoms with Gasteiger partial charge in [0, 0.05) is 31.5 Å². The van der Waals surface area contributed by atoms with Gasteiger partial charge in [0.2, 0.25) is 5.91 Å². The third kappa shape index (κ3) is 8.32. The molecule has 6 nitrogen and oxygen atoms in total. The van der Waals surface area contributed by atoms with Crippen LogP contribution in [0.2, 0.25) is 0 Å². The van der Waals surface area contributed by atoms with Gasteiger partial charge in [0.05, 0.1) is 19.3 Å². The lowest BCUT2D eigenvalue weighted by Crippen LogP contribution is -2.54. The van der Waals surface area contributed by atoms with Crippen molar-refractivity contribution in [3.05, 3.63) is 23.8 Å². The fraction of sp³-hybridized carbons (Fsp3) is 0.680. The first-order chi connectivity index (χ1) is 15.3. The normalized spacial score (nSPS) is 18.7. The van der Waals surface area contributed by atoms with Crippen molar-refractivity contribution in [3.8, 4) is 5.75 Å². The molecular formula is C25H40N2O4S. The minimum Gasteiger partial charge on any atom is -0.494 e. The number of benzene rings is 1. The van der Waals surface area contributed by atoms with Gasteiger partial charge in [-0.25, -0.2) is 0 Å². The topological polar surface area (TPSA) is 78.9 Å². The van der Waals surface area contributed by atoms with Crippen LogP contribution in [-0.2, 0) is 16.0 Å². The van der Waals surface area contributed by atoms with E-state index < -0.39 is 0 Å². The summed E-state index contributed by atoms with van der Waals surface area (Å²) >= 11 is 1.42. The Balaban J connectivity index is 1.86. The lowest BCUT2D eigenvalue weighted by molar-refractivity contribution is -0.124. The van der Waals surface area contributed by atoms with Crippen LogP contribution in [0.25, 0.3) is 0 Å². The summed E-state index contributed by atoms with van der Waals surface area (Å²) in [6.45, 7) is 6.31. The lowest BCUT2D eigenvalue weighted by atomic mass is 9.95. The molecule has 2 N–H and O–H groups in total. The van der Waals surface area contributed by atoms with Gasteiger partial charge in [-0.05, 0) is 36.8 Å². The van der Waals surface area contributed by atoms with Crippen LogP contribution in [0, 0.1) is 5.92 Å². The van der Waals surface area contributed by atoms with Crippen LogP contribution in [0.15, 0.2) is 18.2 Å². The van der Waals surface area contributed by atoms with Gasteiger partial charge in [0.1, 0.15) is 11.8 Å². The quantitative estimate of drug-likeness (QED) is 0.452. The summed E-state index contributed by atoms with van der Waals surface area (Å²) in [6.07, 6.45) is 7.42. The molecule has 7 heteroatoms. The Kier molecular flexibility index (Phi) is 11.4. The number of nitrogens with one attached hydrogen (secondary N) is 1. The van der Waals surface area contributed by atoms with Crippen molar-refractivity contribution in [3.63, 3.8) is 0 Å². The Morgan fingerprint density at radius 2 is 1.91 bits per heavy atom. The molecule has 0 fully saturated rings. The Labute approximate surface area is 197 Å². The van der Waals surface area contributed by atoms with Gasteiger partial charge in [0.25, 0.3) is 0 Å². The summed E-state index contributed by atoms with van der Waals surface area (Å²) in [7, 11) is 1.96. The highest BCUT2D eigenvalue weighted by molar-refractivity contribution is 8.13. The number of aliphatic hydroxyl groups excluding tert-OH is 1. The number of rotatable bonds is 12. The minimum atomic E-state index is -0.299. The zero-order chi connectivity index (χ0) is 23.5. The second-order valence-electron chi connectivity index (χ2n) is 8.99. The van der Waals surface area contributed by atoms with E-state index in [1.165, 1.54) is 31.0 Å². The monoisotopic (exact) mass is 464 g/mol. The van der Waals surface area contributed by atoms with Gasteiger partial charge in [-0.2, -0.15) is 0 Å². The molecule has 0 spiro atoms. The third-order valence-corrected chi connectivity index (χ3v) is 6.80. The van der Waals surface area contributed by atoms with E-state index in [2.05, 4.69) is 11.4 Å². The molecule has 180 valence electrons. The number of hydrogen-bond acceptors (Lipinski definition) is 6. The minimum absolute atomic E-state index is 0.0431. The van der Waals surface area contributed by atoms with Gasteiger partial charge in [-0.15, -0.1) is 0 Å². The predicted octanol–water partition coefficient (Wildman–Crippen LogP) is 4.18. The molecule has 0 saturated heterocycles. The molecule has 0 aliphatic carbocycles. The van der Waals surface area contributed by atoms with E-state index in [0.29, 0.717) is 13.0 Å². The standard InChI is InChI=1S/C25H40N2O4S/c1-18(2)24-25(30)26-21(17-28)15-20-11-12-22(16-23(20)27(24)4)31-13-9-7-5-6-8-10-14-32-19(3)29/h11-12,16,18,21,24,28H,5-10,13-15,17H2,1-4H3,(H,26,30)/t21-,24-/m0/s1. The first-order valence-corrected chi connectivity index (χ1v) is 12.8. The van der Waals surface area contributed by atoms with E-state index >= 15 is 0 Å². The maximum Gasteiger partial charge on any atom is 0.243 e. The smallest absolute Gasteiger partial charge is 0.243 e. The number of ether oxygens (including phenoxy) is 1. The molecule has 0 aromatic heterocycles. The van der Waals surface area contributed by atoms with Gasteiger partial charge < -0.3 is 20.1 Å². The average molecular weight is 465 g/mol. The van der Waals surface area contributed by atoms with Crippen molar-refractivity contribution in [1.82, 2.24) is 5.32 Å². The van der Waals surface area contributed by atoms with Crippen LogP contribution in [0.3, 0.4) is 0 Å². The van der Waals surface area contributed by atoms with Gasteiger partial charge in [-0.3, -0.25) is 9.59 Å². The van der Waals surface area contributed by atoms with Crippen LogP contribution in [0.4, 0.5) is 5.69 Å². The van der Waals surface area contributed by atoms with Crippen LogP contribution in [-0.4, -0.2) is 54.2 Å². The van der Waals surface area contributed by atoms with Crippen LogP contribution in [0.5, 0.6) is 5.75 Å². The van der Waals surface area contributed by atoms with Gasteiger partial charge in [-0.1, -0.05) is 57.4 Å². The summed E-state index contributed by atoms with van der Waals surface area (Å²) in [4.78, 5) is 25.7. The molecule has 1 aliphatic rings. The average Bonchev–Trinajstić information content (AvgIpc) is 2.73. The largest absolute Gasteiger partial charge is 0.494 e. The summed E-state index contributed by atoms with van der Waals surface area (Å²) in [5, 5.41) is 12.9. The number of unbranched alkanes of at least 4 members (excludes halogenated alkanes) is 5. The molecular weight excluding hydrogens is 424 g/mol. The first kappa shape index (κ1) is 26.5. The number of thioether (sulfide) groups is 1. The number of amides is 1. The first-order valence-electron chi connectivity index (χ1n) is 11.9. The molecule has 0 unspecified atom stereocenters. The van der Waals surface area contributed by atoms with Crippen molar-refractivity contribution in [1.29, 1.82) is 0 Å². The number of nitrogens with zero attached hydrogens (tertiary/aromatic N) is 1. The molecule has 1 amide bonds. The number of aliphatic hydroxyl groups is 1. The highest BCUT2D eigenvalue weighted by Crippen LogP contribution is 2.31. The zero-order valence-corrected chi connectivity index (χ0v) is 20.9. The lowest BCUT2D eigenvalue weighted by Gasteiger charge is -2.37. The third-order valence-electron chi connectivity index (χ3n) is 5.90. The van der Waals surface area contributed by atoms with Crippen LogP contribution in [0.1, 0.15) is 64.9 Å². The molecule has 1 heterocycles. The van der Waals surface area contributed by atoms with Crippen LogP contribution < -0.4 is 15.0 Å². The van der Waals surface area contributed by atoms with Gasteiger partial charge >= 0.3 is 0 Å². The van der Waals surface area contributed by atoms with E-state index in [9.17, 15) is 14.7 Å². The molecule has 1 aliphatic heterocycles. The molecule has 0 saturated carbocycles. The molecule has 0 bridgehead atoms. The Bertz CT molecular complexity index is 741. The number of fused-ring (bicyclic) bond motifs is 1. The molecule has 2 atom stereocenters. The number of carbonyl (C=O) groups excluding carboxylic acids is 2. The predicted molar refractivity (Wildman–Crippen MR) is 133 cm³/mol. The Hall–Kier alpha value is -1.73. The second-order valence-corrected chi connectivity index (χ2v) is 10.3. The molecule has 1 aromatic rings. The van der Waals surface area contributed by atoms with E-state index in [-0.39, 0.29) is 35.6 Å². The van der Waals surface area contributed by atoms with Crippen molar-refractivity contribution in [2.24, 2.45) is 5.92 Å². The summed E-state index contributed by atoms with van der Waals surface area (Å²) < 4.78 is 6.02. The fourth-order valence-corrected chi connectivity index (χ4v) is 4.88. The van der Waals surface area contributed by atoms with Crippen molar-refractivity contribution in [2.75, 3.05) is 30.9 Å². The SMILES string of the molecule is CC(=O)SCCCCCCCCOc1ccc2c(c1)N(C)[C@@H](C(C)C)C(=O)N[C@H](CO)C2. The maximum atomic E-state index is 12.8. The second kappa shape index (κ2) is 13.7. The highest BCUT2D eigenvalue weighted by Gasteiger charge is 2.32. The summed E-state index contributed by atoms with van der Waals surface area (Å²) in [6, 6.07) is 5.50. The van der Waals surface area contributed by atoms with Crippen LogP contribution >= 0.6 is 11.8 Å². The summed E-state index contributed by atoms with van der Waals surface area (Å²) in [5.41, 5.74) is 2.10. The van der Waals surface area contributed by atoms with Gasteiger partial charge in [0.15, 0.2) is 5.12 Å². The number of likely N-dealkylation sites (N-methyl/N-ethyl adjacent to an activating group) is 1. The van der Waals surface area contributed by atoms with Crippen molar-refractivity contribution in [2.45, 2.75) is 77.8 Å². The van der Waals surface area contributed by atoms with Crippen molar-refractivity contribution >= 4 is 28.5 Å². The Morgan fingerprint density at radius 3 is 2.56 bits per heavy atom. The molecule has 0 radical (unpaired) electrons. The highest BCUT2D eigenvalue weighted by atomic mass is 32.2. The molecule has 32 heavy (non-hydrogen) atoms. The van der Waals surface area contributed by atoms with E-state index in [1.54, 1.807) is 6.92 Å². The molecule has 1 aromatic carbocycles. The fourth-order valence-electron chi connectivity index (χ4n) is 4.24.